The monoisotopic (exact) mass is 266 g/mol. The van der Waals surface area contributed by atoms with Gasteiger partial charge in [0.1, 0.15) is 18.1 Å². The predicted molar refractivity (Wildman–Crippen MR) is 78.9 cm³/mol. The topological polar surface area (TPSA) is 26.3 Å². The molecule has 0 aromatic heterocycles. The van der Waals surface area contributed by atoms with E-state index < -0.39 is 0 Å². The first-order valence-corrected chi connectivity index (χ1v) is 7.12. The summed E-state index contributed by atoms with van der Waals surface area (Å²) in [6.45, 7) is 0.575. The number of rotatable bonds is 3. The van der Waals surface area contributed by atoms with Crippen LogP contribution in [0, 0.1) is 0 Å². The van der Waals surface area contributed by atoms with Gasteiger partial charge in [0.05, 0.1) is 0 Å². The molecule has 102 valence electrons. The number of hydrogen-bond donors (Lipinski definition) is 0. The molecule has 0 unspecified atom stereocenters. The largest absolute Gasteiger partial charge is 0.489 e. The van der Waals surface area contributed by atoms with Gasteiger partial charge in [-0.15, -0.1) is 0 Å². The summed E-state index contributed by atoms with van der Waals surface area (Å²) in [6, 6.07) is 16.2. The van der Waals surface area contributed by atoms with Crippen molar-refractivity contribution in [1.82, 2.24) is 0 Å². The van der Waals surface area contributed by atoms with Crippen molar-refractivity contribution < 1.29 is 9.53 Å². The molecule has 0 amide bonds. The first kappa shape index (κ1) is 12.9. The summed E-state index contributed by atoms with van der Waals surface area (Å²) < 4.78 is 5.97. The van der Waals surface area contributed by atoms with Gasteiger partial charge in [0.15, 0.2) is 0 Å². The fourth-order valence-electron chi connectivity index (χ4n) is 2.69. The minimum Gasteiger partial charge on any atom is -0.489 e. The van der Waals surface area contributed by atoms with Crippen molar-refractivity contribution >= 4 is 5.78 Å². The van der Waals surface area contributed by atoms with Gasteiger partial charge in [0.25, 0.3) is 0 Å². The molecule has 2 nitrogen and oxygen atoms in total. The maximum absolute atomic E-state index is 11.7. The number of ketones is 1. The van der Waals surface area contributed by atoms with Gasteiger partial charge >= 0.3 is 0 Å². The van der Waals surface area contributed by atoms with Crippen LogP contribution in [0.2, 0.25) is 0 Å². The number of Topliss-reactive ketones (excluding diaryl/α,β-unsaturated/α-hetero) is 1. The molecule has 3 rings (SSSR count). The zero-order valence-corrected chi connectivity index (χ0v) is 11.5. The van der Waals surface area contributed by atoms with E-state index in [9.17, 15) is 4.79 Å². The summed E-state index contributed by atoms with van der Waals surface area (Å²) in [6.07, 6.45) is 3.11. The van der Waals surface area contributed by atoms with Crippen molar-refractivity contribution in [1.29, 1.82) is 0 Å². The molecule has 1 aliphatic rings. The third-order valence-electron chi connectivity index (χ3n) is 3.74. The molecule has 2 aromatic carbocycles. The van der Waals surface area contributed by atoms with Crippen molar-refractivity contribution in [2.45, 2.75) is 32.3 Å². The van der Waals surface area contributed by atoms with Gasteiger partial charge in [-0.3, -0.25) is 4.79 Å². The standard InChI is InChI=1S/C18H18O2/c19-16-9-5-10-17-15(12-16)8-4-11-18(17)20-13-14-6-2-1-3-7-14/h1-4,6-8,11H,5,9-10,12-13H2. The van der Waals surface area contributed by atoms with Crippen LogP contribution in [0.5, 0.6) is 5.75 Å². The number of benzene rings is 2. The van der Waals surface area contributed by atoms with E-state index in [4.69, 9.17) is 4.74 Å². The highest BCUT2D eigenvalue weighted by molar-refractivity contribution is 5.82. The Labute approximate surface area is 119 Å². The van der Waals surface area contributed by atoms with Crippen molar-refractivity contribution in [2.75, 3.05) is 0 Å². The summed E-state index contributed by atoms with van der Waals surface area (Å²) in [4.78, 5) is 11.7. The van der Waals surface area contributed by atoms with Crippen molar-refractivity contribution in [3.63, 3.8) is 0 Å². The van der Waals surface area contributed by atoms with E-state index in [1.165, 1.54) is 5.56 Å². The zero-order chi connectivity index (χ0) is 13.8. The van der Waals surface area contributed by atoms with Gasteiger partial charge in [-0.2, -0.15) is 0 Å². The molecule has 0 spiro atoms. The molecular weight excluding hydrogens is 248 g/mol. The van der Waals surface area contributed by atoms with E-state index in [1.807, 2.05) is 36.4 Å². The molecule has 0 saturated carbocycles. The Kier molecular flexibility index (Phi) is 3.82. The molecule has 0 heterocycles. The average molecular weight is 266 g/mol. The maximum Gasteiger partial charge on any atom is 0.137 e. The normalized spacial score (nSPS) is 14.5. The van der Waals surface area contributed by atoms with Crippen LogP contribution in [0.4, 0.5) is 0 Å². The zero-order valence-electron chi connectivity index (χ0n) is 11.5. The van der Waals surface area contributed by atoms with Crippen LogP contribution in [0.1, 0.15) is 29.5 Å². The molecule has 2 heteroatoms. The summed E-state index contributed by atoms with van der Waals surface area (Å²) >= 11 is 0. The van der Waals surface area contributed by atoms with Crippen LogP contribution in [-0.2, 0) is 24.2 Å². The first-order valence-electron chi connectivity index (χ1n) is 7.12. The summed E-state index contributed by atoms with van der Waals surface area (Å²) in [5.74, 6) is 1.27. The molecule has 0 radical (unpaired) electrons. The minimum atomic E-state index is 0.337. The molecule has 0 N–H and O–H groups in total. The van der Waals surface area contributed by atoms with Crippen molar-refractivity contribution in [3.05, 3.63) is 65.2 Å². The van der Waals surface area contributed by atoms with E-state index in [1.54, 1.807) is 0 Å². The predicted octanol–water partition coefficient (Wildman–Crippen LogP) is 3.71. The fourth-order valence-corrected chi connectivity index (χ4v) is 2.69. The number of ether oxygens (including phenoxy) is 1. The molecule has 2 aromatic rings. The molecule has 0 bridgehead atoms. The van der Waals surface area contributed by atoms with Crippen LogP contribution in [0.25, 0.3) is 0 Å². The van der Waals surface area contributed by atoms with Crippen molar-refractivity contribution in [2.24, 2.45) is 0 Å². The number of carbonyl (C=O) groups excluding carboxylic acids is 1. The molecule has 0 aliphatic heterocycles. The van der Waals surface area contributed by atoms with Gasteiger partial charge in [-0.25, -0.2) is 0 Å². The summed E-state index contributed by atoms with van der Waals surface area (Å²) in [5, 5.41) is 0. The third kappa shape index (κ3) is 2.90. The molecule has 1 aliphatic carbocycles. The molecule has 0 saturated heterocycles. The van der Waals surface area contributed by atoms with E-state index in [0.29, 0.717) is 25.2 Å². The summed E-state index contributed by atoms with van der Waals surface area (Å²) in [5.41, 5.74) is 3.52. The Hall–Kier alpha value is -2.09. The highest BCUT2D eigenvalue weighted by atomic mass is 16.5. The van der Waals surface area contributed by atoms with E-state index >= 15 is 0 Å². The van der Waals surface area contributed by atoms with Gasteiger partial charge in [-0.1, -0.05) is 42.5 Å². The second kappa shape index (κ2) is 5.91. The van der Waals surface area contributed by atoms with Gasteiger partial charge in [0, 0.05) is 12.8 Å². The Morgan fingerprint density at radius 1 is 0.950 bits per heavy atom. The average Bonchev–Trinajstić information content (AvgIpc) is 2.67. The van der Waals surface area contributed by atoms with E-state index in [2.05, 4.69) is 12.1 Å². The van der Waals surface area contributed by atoms with Crippen LogP contribution >= 0.6 is 0 Å². The highest BCUT2D eigenvalue weighted by Crippen LogP contribution is 2.28. The molecule has 0 fully saturated rings. The van der Waals surface area contributed by atoms with E-state index in [0.717, 1.165) is 29.7 Å². The maximum atomic E-state index is 11.7. The smallest absolute Gasteiger partial charge is 0.137 e. The number of hydrogen-bond acceptors (Lipinski definition) is 2. The van der Waals surface area contributed by atoms with Crippen LogP contribution in [-0.4, -0.2) is 5.78 Å². The Morgan fingerprint density at radius 2 is 1.80 bits per heavy atom. The lowest BCUT2D eigenvalue weighted by molar-refractivity contribution is -0.118. The number of carbonyl (C=O) groups is 1. The van der Waals surface area contributed by atoms with Crippen LogP contribution < -0.4 is 4.74 Å². The number of fused-ring (bicyclic) bond motifs is 1. The minimum absolute atomic E-state index is 0.337. The highest BCUT2D eigenvalue weighted by Gasteiger charge is 2.16. The lowest BCUT2D eigenvalue weighted by Crippen LogP contribution is -2.02. The van der Waals surface area contributed by atoms with Gasteiger partial charge < -0.3 is 4.74 Å². The summed E-state index contributed by atoms with van der Waals surface area (Å²) in [7, 11) is 0. The van der Waals surface area contributed by atoms with Gasteiger partial charge in [0.2, 0.25) is 0 Å². The van der Waals surface area contributed by atoms with E-state index in [-0.39, 0.29) is 0 Å². The Balaban J connectivity index is 1.80. The first-order chi connectivity index (χ1) is 9.83. The Bertz CT molecular complexity index is 602. The fraction of sp³-hybridized carbons (Fsp3) is 0.278. The molecular formula is C18H18O2. The lowest BCUT2D eigenvalue weighted by atomic mass is 10.0. The third-order valence-corrected chi connectivity index (χ3v) is 3.74. The second-order valence-corrected chi connectivity index (χ2v) is 5.24. The molecule has 20 heavy (non-hydrogen) atoms. The Morgan fingerprint density at radius 3 is 2.65 bits per heavy atom. The SMILES string of the molecule is O=C1CCCc2c(cccc2OCc2ccccc2)C1. The lowest BCUT2D eigenvalue weighted by Gasteiger charge is -2.13. The van der Waals surface area contributed by atoms with Crippen LogP contribution in [0.15, 0.2) is 48.5 Å². The van der Waals surface area contributed by atoms with Crippen molar-refractivity contribution in [3.8, 4) is 5.75 Å². The quantitative estimate of drug-likeness (QED) is 0.792. The molecule has 0 atom stereocenters. The van der Waals surface area contributed by atoms with Crippen LogP contribution in [0.3, 0.4) is 0 Å². The van der Waals surface area contributed by atoms with Gasteiger partial charge in [-0.05, 0) is 35.6 Å². The second-order valence-electron chi connectivity index (χ2n) is 5.24.